The van der Waals surface area contributed by atoms with Crippen LogP contribution in [0.3, 0.4) is 0 Å². The van der Waals surface area contributed by atoms with E-state index >= 15 is 0 Å². The van der Waals surface area contributed by atoms with Crippen LogP contribution in [-0.4, -0.2) is 20.7 Å². The van der Waals surface area contributed by atoms with Crippen LogP contribution in [0.5, 0.6) is 0 Å². The molecule has 1 aromatic rings. The first-order chi connectivity index (χ1) is 6.86. The van der Waals surface area contributed by atoms with Crippen molar-refractivity contribution in [2.75, 3.05) is 0 Å². The van der Waals surface area contributed by atoms with E-state index < -0.39 is 24.1 Å². The molecule has 0 saturated heterocycles. The van der Waals surface area contributed by atoms with Crippen LogP contribution < -0.4 is 5.73 Å². The second kappa shape index (κ2) is 4.19. The van der Waals surface area contributed by atoms with Crippen molar-refractivity contribution in [3.63, 3.8) is 0 Å². The van der Waals surface area contributed by atoms with Crippen LogP contribution >= 0.6 is 0 Å². The number of nitrogens with two attached hydrogens (primary N) is 1. The molecule has 86 valence electrons. The third-order valence-corrected chi connectivity index (χ3v) is 2.05. The second-order valence-corrected chi connectivity index (χ2v) is 3.19. The summed E-state index contributed by atoms with van der Waals surface area (Å²) in [6.07, 6.45) is -3.57. The van der Waals surface area contributed by atoms with Gasteiger partial charge in [0.25, 0.3) is 0 Å². The zero-order valence-electron chi connectivity index (χ0n) is 8.07. The average Bonchev–Trinajstić information content (AvgIpc) is 2.63. The standard InChI is InChI=1S/C8H12F3N3O/c1-2-5(12)7(15)14-3-6(13-4-14)8(9,10)11/h3-5,7,15H,2,12H2,1H3. The third-order valence-electron chi connectivity index (χ3n) is 2.05. The van der Waals surface area contributed by atoms with Gasteiger partial charge < -0.3 is 15.4 Å². The summed E-state index contributed by atoms with van der Waals surface area (Å²) in [5, 5.41) is 9.50. The monoisotopic (exact) mass is 223 g/mol. The smallest absolute Gasteiger partial charge is 0.372 e. The number of aliphatic hydroxyl groups excluding tert-OH is 1. The van der Waals surface area contributed by atoms with E-state index in [-0.39, 0.29) is 0 Å². The van der Waals surface area contributed by atoms with Crippen molar-refractivity contribution in [3.8, 4) is 0 Å². The van der Waals surface area contributed by atoms with E-state index in [1.807, 2.05) is 0 Å². The summed E-state index contributed by atoms with van der Waals surface area (Å²) in [6.45, 7) is 1.73. The number of halogens is 3. The Kier molecular flexibility index (Phi) is 3.35. The van der Waals surface area contributed by atoms with Gasteiger partial charge in [-0.05, 0) is 6.42 Å². The fourth-order valence-electron chi connectivity index (χ4n) is 1.06. The Labute approximate surface area is 84.5 Å². The van der Waals surface area contributed by atoms with Crippen LogP contribution in [0.1, 0.15) is 25.3 Å². The normalized spacial score (nSPS) is 16.4. The van der Waals surface area contributed by atoms with Crippen LogP contribution in [0.15, 0.2) is 12.5 Å². The molecule has 2 atom stereocenters. The lowest BCUT2D eigenvalue weighted by Gasteiger charge is -2.17. The van der Waals surface area contributed by atoms with Gasteiger partial charge in [-0.3, -0.25) is 0 Å². The summed E-state index contributed by atoms with van der Waals surface area (Å²) in [6, 6.07) is -0.611. The maximum Gasteiger partial charge on any atom is 0.434 e. The van der Waals surface area contributed by atoms with Crippen molar-refractivity contribution in [1.29, 1.82) is 0 Å². The van der Waals surface area contributed by atoms with Crippen molar-refractivity contribution in [2.45, 2.75) is 31.8 Å². The predicted molar refractivity (Wildman–Crippen MR) is 46.8 cm³/mol. The fourth-order valence-corrected chi connectivity index (χ4v) is 1.06. The van der Waals surface area contributed by atoms with Crippen molar-refractivity contribution >= 4 is 0 Å². The molecule has 4 nitrogen and oxygen atoms in total. The maximum absolute atomic E-state index is 12.2. The van der Waals surface area contributed by atoms with E-state index in [0.717, 1.165) is 17.1 Å². The summed E-state index contributed by atoms with van der Waals surface area (Å²) < 4.78 is 37.4. The second-order valence-electron chi connectivity index (χ2n) is 3.19. The molecule has 0 bridgehead atoms. The number of hydrogen-bond donors (Lipinski definition) is 2. The van der Waals surface area contributed by atoms with Crippen molar-refractivity contribution in [2.24, 2.45) is 5.73 Å². The summed E-state index contributed by atoms with van der Waals surface area (Å²) in [5.41, 5.74) is 4.45. The molecule has 1 aromatic heterocycles. The van der Waals surface area contributed by atoms with E-state index in [9.17, 15) is 18.3 Å². The number of imidazole rings is 1. The summed E-state index contributed by atoms with van der Waals surface area (Å²) in [7, 11) is 0. The van der Waals surface area contributed by atoms with Gasteiger partial charge in [0.2, 0.25) is 0 Å². The molecule has 15 heavy (non-hydrogen) atoms. The highest BCUT2D eigenvalue weighted by Crippen LogP contribution is 2.28. The zero-order valence-corrected chi connectivity index (χ0v) is 8.07. The van der Waals surface area contributed by atoms with E-state index in [2.05, 4.69) is 4.98 Å². The number of hydrogen-bond acceptors (Lipinski definition) is 3. The summed E-state index contributed by atoms with van der Waals surface area (Å²) in [4.78, 5) is 3.15. The van der Waals surface area contributed by atoms with Crippen LogP contribution in [-0.2, 0) is 6.18 Å². The molecular weight excluding hydrogens is 211 g/mol. The van der Waals surface area contributed by atoms with E-state index in [1.165, 1.54) is 0 Å². The van der Waals surface area contributed by atoms with Crippen molar-refractivity contribution in [3.05, 3.63) is 18.2 Å². The van der Waals surface area contributed by atoms with Gasteiger partial charge in [0.05, 0.1) is 6.33 Å². The van der Waals surface area contributed by atoms with Crippen molar-refractivity contribution in [1.82, 2.24) is 9.55 Å². The number of rotatable bonds is 3. The van der Waals surface area contributed by atoms with Gasteiger partial charge in [0, 0.05) is 12.2 Å². The SMILES string of the molecule is CCC(N)C(O)n1cnc(C(F)(F)F)c1. The maximum atomic E-state index is 12.2. The molecule has 3 N–H and O–H groups in total. The van der Waals surface area contributed by atoms with Gasteiger partial charge in [-0.2, -0.15) is 13.2 Å². The van der Waals surface area contributed by atoms with E-state index in [0.29, 0.717) is 6.42 Å². The molecule has 0 aliphatic heterocycles. The topological polar surface area (TPSA) is 64.1 Å². The molecule has 1 heterocycles. The largest absolute Gasteiger partial charge is 0.434 e. The average molecular weight is 223 g/mol. The summed E-state index contributed by atoms with van der Waals surface area (Å²) in [5.74, 6) is 0. The van der Waals surface area contributed by atoms with E-state index in [4.69, 9.17) is 5.73 Å². The molecular formula is C8H12F3N3O. The molecule has 2 unspecified atom stereocenters. The molecule has 0 aliphatic rings. The Morgan fingerprint density at radius 1 is 1.60 bits per heavy atom. The van der Waals surface area contributed by atoms with Crippen LogP contribution in [0.2, 0.25) is 0 Å². The number of aromatic nitrogens is 2. The Morgan fingerprint density at radius 3 is 2.60 bits per heavy atom. The minimum Gasteiger partial charge on any atom is -0.372 e. The quantitative estimate of drug-likeness (QED) is 0.807. The van der Waals surface area contributed by atoms with Gasteiger partial charge >= 0.3 is 6.18 Å². The Morgan fingerprint density at radius 2 is 2.20 bits per heavy atom. The van der Waals surface area contributed by atoms with Gasteiger partial charge in [0.1, 0.15) is 6.23 Å². The number of alkyl halides is 3. The first-order valence-corrected chi connectivity index (χ1v) is 4.40. The molecule has 0 fully saturated rings. The molecule has 0 radical (unpaired) electrons. The summed E-state index contributed by atoms with van der Waals surface area (Å²) >= 11 is 0. The van der Waals surface area contributed by atoms with Gasteiger partial charge in [0.15, 0.2) is 5.69 Å². The Bertz CT molecular complexity index is 323. The highest BCUT2D eigenvalue weighted by Gasteiger charge is 2.34. The molecule has 7 heteroatoms. The molecule has 0 amide bonds. The van der Waals surface area contributed by atoms with Gasteiger partial charge in [-0.1, -0.05) is 6.92 Å². The lowest BCUT2D eigenvalue weighted by atomic mass is 10.2. The number of nitrogens with zero attached hydrogens (tertiary/aromatic N) is 2. The molecule has 1 rings (SSSR count). The lowest BCUT2D eigenvalue weighted by molar-refractivity contribution is -0.141. The fraction of sp³-hybridized carbons (Fsp3) is 0.625. The third kappa shape index (κ3) is 2.69. The lowest BCUT2D eigenvalue weighted by Crippen LogP contribution is -2.30. The van der Waals surface area contributed by atoms with Crippen LogP contribution in [0.4, 0.5) is 13.2 Å². The first kappa shape index (κ1) is 12.0. The molecule has 0 aromatic carbocycles. The van der Waals surface area contributed by atoms with E-state index in [1.54, 1.807) is 6.92 Å². The highest BCUT2D eigenvalue weighted by molar-refractivity contribution is 5.02. The minimum atomic E-state index is -4.50. The van der Waals surface area contributed by atoms with Crippen molar-refractivity contribution < 1.29 is 18.3 Å². The zero-order chi connectivity index (χ0) is 11.6. The van der Waals surface area contributed by atoms with Crippen LogP contribution in [0.25, 0.3) is 0 Å². The Balaban J connectivity index is 2.85. The van der Waals surface area contributed by atoms with Crippen LogP contribution in [0, 0.1) is 0 Å². The molecule has 0 spiro atoms. The van der Waals surface area contributed by atoms with Gasteiger partial charge in [-0.15, -0.1) is 0 Å². The first-order valence-electron chi connectivity index (χ1n) is 4.40. The molecule has 0 saturated carbocycles. The van der Waals surface area contributed by atoms with Gasteiger partial charge in [-0.25, -0.2) is 4.98 Å². The number of aliphatic hydroxyl groups is 1. The minimum absolute atomic E-state index is 0.459. The highest BCUT2D eigenvalue weighted by atomic mass is 19.4. The molecule has 0 aliphatic carbocycles. The predicted octanol–water partition coefficient (Wildman–Crippen LogP) is 1.13. The Hall–Kier alpha value is -1.08.